The van der Waals surface area contributed by atoms with E-state index >= 15 is 0 Å². The first-order chi connectivity index (χ1) is 8.65. The van der Waals surface area contributed by atoms with Crippen molar-refractivity contribution in [1.29, 1.82) is 0 Å². The summed E-state index contributed by atoms with van der Waals surface area (Å²) >= 11 is 0. The normalized spacial score (nSPS) is 10.1. The fraction of sp³-hybridized carbons (Fsp3) is 0.111. The summed E-state index contributed by atoms with van der Waals surface area (Å²) in [5, 5.41) is 23.8. The lowest BCUT2D eigenvalue weighted by Gasteiger charge is -2.04. The van der Waals surface area contributed by atoms with Crippen LogP contribution in [0.25, 0.3) is 11.4 Å². The van der Waals surface area contributed by atoms with Gasteiger partial charge in [0, 0.05) is 11.6 Å². The molecule has 0 atom stereocenters. The van der Waals surface area contributed by atoms with E-state index in [-0.39, 0.29) is 22.6 Å². The number of carbonyl (C=O) groups excluding carboxylic acids is 1. The van der Waals surface area contributed by atoms with Crippen molar-refractivity contribution in [3.63, 3.8) is 0 Å². The van der Waals surface area contributed by atoms with Crippen LogP contribution in [0.15, 0.2) is 18.2 Å². The topological polar surface area (TPSA) is 124 Å². The number of rotatable bonds is 3. The average Bonchev–Trinajstić information content (AvgIpc) is 2.90. The van der Waals surface area contributed by atoms with Gasteiger partial charge < -0.3 is 4.74 Å². The minimum Gasteiger partial charge on any atom is -0.465 e. The predicted molar refractivity (Wildman–Crippen MR) is 57.6 cm³/mol. The number of H-pyrrole nitrogens is 1. The summed E-state index contributed by atoms with van der Waals surface area (Å²) in [6, 6.07) is 4.11. The fourth-order valence-electron chi connectivity index (χ4n) is 1.47. The zero-order valence-electron chi connectivity index (χ0n) is 9.15. The predicted octanol–water partition coefficient (Wildman–Crippen LogP) is 0.561. The maximum atomic E-state index is 11.6. The Morgan fingerprint density at radius 1 is 1.50 bits per heavy atom. The van der Waals surface area contributed by atoms with Crippen molar-refractivity contribution in [3.8, 4) is 11.4 Å². The number of ether oxygens (including phenoxy) is 1. The molecule has 0 amide bonds. The fourth-order valence-corrected chi connectivity index (χ4v) is 1.47. The third-order valence-electron chi connectivity index (χ3n) is 2.21. The molecule has 0 radical (unpaired) electrons. The Bertz CT molecular complexity index is 595. The second-order valence-corrected chi connectivity index (χ2v) is 3.18. The first-order valence-corrected chi connectivity index (χ1v) is 4.74. The summed E-state index contributed by atoms with van der Waals surface area (Å²) in [5.41, 5.74) is -0.389. The Hall–Kier alpha value is -2.84. The van der Waals surface area contributed by atoms with Crippen molar-refractivity contribution >= 4 is 11.7 Å². The highest BCUT2D eigenvalue weighted by Gasteiger charge is 2.26. The van der Waals surface area contributed by atoms with Gasteiger partial charge in [0.1, 0.15) is 5.56 Å². The Kier molecular flexibility index (Phi) is 2.96. The van der Waals surface area contributed by atoms with Gasteiger partial charge in [-0.05, 0) is 11.3 Å². The molecule has 0 aliphatic carbocycles. The molecule has 0 saturated heterocycles. The van der Waals surface area contributed by atoms with Gasteiger partial charge in [0.25, 0.3) is 5.69 Å². The summed E-state index contributed by atoms with van der Waals surface area (Å²) in [4.78, 5) is 21.9. The van der Waals surface area contributed by atoms with E-state index in [1.807, 2.05) is 0 Å². The van der Waals surface area contributed by atoms with Crippen LogP contribution < -0.4 is 0 Å². The van der Waals surface area contributed by atoms with Crippen LogP contribution in [0.5, 0.6) is 0 Å². The number of nitrogens with one attached hydrogen (secondary N) is 1. The Balaban J connectivity index is 2.70. The van der Waals surface area contributed by atoms with Crippen molar-refractivity contribution in [1.82, 2.24) is 20.6 Å². The number of nitrogens with zero attached hydrogens (tertiary/aromatic N) is 4. The molecule has 0 aliphatic heterocycles. The van der Waals surface area contributed by atoms with Gasteiger partial charge in [-0.3, -0.25) is 10.1 Å². The molecule has 0 bridgehead atoms. The van der Waals surface area contributed by atoms with E-state index in [1.165, 1.54) is 18.2 Å². The lowest BCUT2D eigenvalue weighted by Crippen LogP contribution is -2.08. The maximum Gasteiger partial charge on any atom is 0.345 e. The number of esters is 1. The second kappa shape index (κ2) is 4.57. The number of carbonyl (C=O) groups is 1. The van der Waals surface area contributed by atoms with E-state index in [0.717, 1.165) is 7.11 Å². The summed E-state index contributed by atoms with van der Waals surface area (Å²) in [7, 11) is 1.14. The van der Waals surface area contributed by atoms with Gasteiger partial charge in [-0.15, -0.1) is 10.2 Å². The highest BCUT2D eigenvalue weighted by atomic mass is 16.6. The van der Waals surface area contributed by atoms with Crippen molar-refractivity contribution in [2.24, 2.45) is 0 Å². The maximum absolute atomic E-state index is 11.6. The van der Waals surface area contributed by atoms with Crippen molar-refractivity contribution in [3.05, 3.63) is 33.9 Å². The number of nitro groups is 1. The molecule has 0 fully saturated rings. The average molecular weight is 249 g/mol. The Morgan fingerprint density at radius 3 is 2.83 bits per heavy atom. The molecule has 0 saturated carbocycles. The van der Waals surface area contributed by atoms with E-state index in [9.17, 15) is 14.9 Å². The van der Waals surface area contributed by atoms with E-state index in [0.29, 0.717) is 0 Å². The number of nitro benzene ring substituents is 1. The van der Waals surface area contributed by atoms with Crippen LogP contribution in [0.4, 0.5) is 5.69 Å². The van der Waals surface area contributed by atoms with Crippen LogP contribution in [0.2, 0.25) is 0 Å². The van der Waals surface area contributed by atoms with Crippen LogP contribution in [0.3, 0.4) is 0 Å². The molecule has 9 nitrogen and oxygen atoms in total. The summed E-state index contributed by atoms with van der Waals surface area (Å²) in [6.45, 7) is 0. The first kappa shape index (κ1) is 11.6. The molecular weight excluding hydrogens is 242 g/mol. The van der Waals surface area contributed by atoms with E-state index in [2.05, 4.69) is 25.4 Å². The van der Waals surface area contributed by atoms with Gasteiger partial charge in [-0.2, -0.15) is 5.21 Å². The summed E-state index contributed by atoms with van der Waals surface area (Å²) in [6.07, 6.45) is 0. The number of hydrogen-bond acceptors (Lipinski definition) is 7. The van der Waals surface area contributed by atoms with Gasteiger partial charge in [-0.25, -0.2) is 4.79 Å². The van der Waals surface area contributed by atoms with Gasteiger partial charge >= 0.3 is 5.97 Å². The number of methoxy groups -OCH3 is 1. The molecule has 0 unspecified atom stereocenters. The first-order valence-electron chi connectivity index (χ1n) is 4.74. The van der Waals surface area contributed by atoms with Crippen LogP contribution in [0.1, 0.15) is 10.4 Å². The molecule has 2 aromatic rings. The minimum absolute atomic E-state index is 0.0825. The van der Waals surface area contributed by atoms with E-state index < -0.39 is 10.9 Å². The minimum atomic E-state index is -0.831. The zero-order chi connectivity index (χ0) is 13.1. The molecule has 2 rings (SSSR count). The smallest absolute Gasteiger partial charge is 0.345 e. The Labute approximate surface area is 99.9 Å². The number of tetrazole rings is 1. The lowest BCUT2D eigenvalue weighted by atomic mass is 10.1. The highest BCUT2D eigenvalue weighted by molar-refractivity contribution is 6.00. The van der Waals surface area contributed by atoms with E-state index in [4.69, 9.17) is 0 Å². The van der Waals surface area contributed by atoms with Crippen LogP contribution >= 0.6 is 0 Å². The Morgan fingerprint density at radius 2 is 2.28 bits per heavy atom. The highest BCUT2D eigenvalue weighted by Crippen LogP contribution is 2.28. The SMILES string of the molecule is COC(=O)c1c(-c2nn[nH]n2)cccc1[N+](=O)[O-]. The monoisotopic (exact) mass is 249 g/mol. The molecule has 9 heteroatoms. The van der Waals surface area contributed by atoms with Gasteiger partial charge in [0.15, 0.2) is 0 Å². The van der Waals surface area contributed by atoms with Gasteiger partial charge in [-0.1, -0.05) is 6.07 Å². The molecule has 1 aromatic heterocycles. The van der Waals surface area contributed by atoms with Crippen molar-refractivity contribution in [2.45, 2.75) is 0 Å². The molecule has 1 heterocycles. The van der Waals surface area contributed by atoms with Crippen molar-refractivity contribution < 1.29 is 14.5 Å². The standard InChI is InChI=1S/C9H7N5O4/c1-18-9(15)7-5(8-10-12-13-11-8)3-2-4-6(7)14(16)17/h2-4H,1H3,(H,10,11,12,13). The molecule has 0 spiro atoms. The number of aromatic amines is 1. The molecule has 1 N–H and O–H groups in total. The van der Waals surface area contributed by atoms with Crippen LogP contribution in [-0.4, -0.2) is 38.6 Å². The molecule has 18 heavy (non-hydrogen) atoms. The number of aromatic nitrogens is 4. The largest absolute Gasteiger partial charge is 0.465 e. The van der Waals surface area contributed by atoms with Gasteiger partial charge in [0.05, 0.1) is 12.0 Å². The van der Waals surface area contributed by atoms with Crippen molar-refractivity contribution in [2.75, 3.05) is 7.11 Å². The zero-order valence-corrected chi connectivity index (χ0v) is 9.15. The van der Waals surface area contributed by atoms with Crippen LogP contribution in [-0.2, 0) is 4.74 Å². The van der Waals surface area contributed by atoms with Gasteiger partial charge in [0.2, 0.25) is 5.82 Å². The summed E-state index contributed by atoms with van der Waals surface area (Å²) < 4.78 is 4.54. The third-order valence-corrected chi connectivity index (χ3v) is 2.21. The second-order valence-electron chi connectivity index (χ2n) is 3.18. The molecule has 92 valence electrons. The number of benzene rings is 1. The quantitative estimate of drug-likeness (QED) is 0.478. The molecular formula is C9H7N5O4. The van der Waals surface area contributed by atoms with E-state index in [1.54, 1.807) is 0 Å². The summed E-state index contributed by atoms with van der Waals surface area (Å²) in [5.74, 6) is -0.749. The molecule has 1 aromatic carbocycles. The molecule has 0 aliphatic rings. The third kappa shape index (κ3) is 1.88. The number of hydrogen-bond donors (Lipinski definition) is 1. The lowest BCUT2D eigenvalue weighted by molar-refractivity contribution is -0.385. The van der Waals surface area contributed by atoms with Crippen LogP contribution in [0, 0.1) is 10.1 Å².